The van der Waals surface area contributed by atoms with Crippen LogP contribution in [-0.4, -0.2) is 32.9 Å². The zero-order chi connectivity index (χ0) is 14.8. The molecule has 6 nitrogen and oxygen atoms in total. The van der Waals surface area contributed by atoms with Crippen molar-refractivity contribution in [2.75, 3.05) is 18.9 Å². The lowest BCUT2D eigenvalue weighted by Crippen LogP contribution is -2.32. The minimum absolute atomic E-state index is 0.0129. The lowest BCUT2D eigenvalue weighted by Gasteiger charge is -2.25. The van der Waals surface area contributed by atoms with Gasteiger partial charge in [-0.3, -0.25) is 19.5 Å². The summed E-state index contributed by atoms with van der Waals surface area (Å²) in [5.41, 5.74) is 9.46. The van der Waals surface area contributed by atoms with Crippen LogP contribution >= 0.6 is 0 Å². The summed E-state index contributed by atoms with van der Waals surface area (Å²) >= 11 is 0. The van der Waals surface area contributed by atoms with Gasteiger partial charge in [0, 0.05) is 37.4 Å². The van der Waals surface area contributed by atoms with Gasteiger partial charge in [0.25, 0.3) is 5.56 Å². The first-order chi connectivity index (χ1) is 10.2. The van der Waals surface area contributed by atoms with Crippen LogP contribution in [0.2, 0.25) is 0 Å². The van der Waals surface area contributed by atoms with Gasteiger partial charge in [-0.25, -0.2) is 0 Å². The molecule has 0 atom stereocenters. The first-order valence-electron chi connectivity index (χ1n) is 7.15. The molecular weight excluding hydrogens is 268 g/mol. The Morgan fingerprint density at radius 1 is 1.29 bits per heavy atom. The quantitative estimate of drug-likeness (QED) is 0.707. The Morgan fingerprint density at radius 2 is 2.05 bits per heavy atom. The molecule has 0 amide bonds. The minimum Gasteiger partial charge on any atom is -0.399 e. The molecule has 3 rings (SSSR count). The van der Waals surface area contributed by atoms with E-state index in [0.29, 0.717) is 13.1 Å². The van der Waals surface area contributed by atoms with Crippen LogP contribution in [0.5, 0.6) is 0 Å². The smallest absolute Gasteiger partial charge is 0.271 e. The second-order valence-corrected chi connectivity index (χ2v) is 5.45. The van der Waals surface area contributed by atoms with E-state index in [4.69, 9.17) is 10.8 Å². The van der Waals surface area contributed by atoms with E-state index in [2.05, 4.69) is 10.00 Å². The van der Waals surface area contributed by atoms with Crippen molar-refractivity contribution in [1.82, 2.24) is 14.7 Å². The summed E-state index contributed by atoms with van der Waals surface area (Å²) in [6.45, 7) is 2.66. The summed E-state index contributed by atoms with van der Waals surface area (Å²) in [4.78, 5) is 14.5. The molecule has 1 aromatic heterocycles. The topological polar surface area (TPSA) is 87.3 Å². The number of nitrogens with two attached hydrogens (primary N) is 1. The van der Waals surface area contributed by atoms with E-state index in [9.17, 15) is 4.79 Å². The van der Waals surface area contributed by atoms with Crippen molar-refractivity contribution in [3.63, 3.8) is 0 Å². The lowest BCUT2D eigenvalue weighted by molar-refractivity contribution is 0.244. The Bertz CT molecular complexity index is 672. The summed E-state index contributed by atoms with van der Waals surface area (Å²) in [7, 11) is 0. The average molecular weight is 288 g/mol. The molecule has 0 saturated carbocycles. The molecule has 2 aromatic rings. The van der Waals surface area contributed by atoms with Crippen LogP contribution < -0.4 is 11.3 Å². The van der Waals surface area contributed by atoms with Gasteiger partial charge in [0.1, 0.15) is 0 Å². The molecule has 0 aliphatic carbocycles. The van der Waals surface area contributed by atoms with Gasteiger partial charge in [0.15, 0.2) is 0 Å². The van der Waals surface area contributed by atoms with Gasteiger partial charge < -0.3 is 10.8 Å². The maximum atomic E-state index is 12.2. The van der Waals surface area contributed by atoms with E-state index < -0.39 is 0 Å². The van der Waals surface area contributed by atoms with Crippen LogP contribution in [0.1, 0.15) is 16.8 Å². The van der Waals surface area contributed by atoms with E-state index in [0.717, 1.165) is 36.5 Å². The average Bonchev–Trinajstić information content (AvgIpc) is 2.79. The number of fused-ring (bicyclic) bond motifs is 1. The molecule has 21 heavy (non-hydrogen) atoms. The third kappa shape index (κ3) is 2.86. The highest BCUT2D eigenvalue weighted by Crippen LogP contribution is 2.17. The standard InChI is InChI=1S/C15H20N4O2/c16-12-3-1-11(2-4-12)9-18-6-5-14-13(10-18)15(21)19(17-14)7-8-20/h1-4,17,20H,5-10,16H2. The van der Waals surface area contributed by atoms with Gasteiger partial charge in [-0.15, -0.1) is 0 Å². The molecule has 1 aliphatic heterocycles. The molecule has 0 radical (unpaired) electrons. The number of aliphatic hydroxyl groups excluding tert-OH is 1. The van der Waals surface area contributed by atoms with Crippen LogP contribution in [-0.2, 0) is 26.1 Å². The fraction of sp³-hybridized carbons (Fsp3) is 0.400. The lowest BCUT2D eigenvalue weighted by atomic mass is 10.1. The monoisotopic (exact) mass is 288 g/mol. The molecule has 0 unspecified atom stereocenters. The Morgan fingerprint density at radius 3 is 2.76 bits per heavy atom. The summed E-state index contributed by atoms with van der Waals surface area (Å²) < 4.78 is 1.50. The van der Waals surface area contributed by atoms with Crippen molar-refractivity contribution in [1.29, 1.82) is 0 Å². The van der Waals surface area contributed by atoms with Gasteiger partial charge in [-0.1, -0.05) is 12.1 Å². The largest absolute Gasteiger partial charge is 0.399 e. The Balaban J connectivity index is 1.75. The first-order valence-corrected chi connectivity index (χ1v) is 7.15. The SMILES string of the molecule is Nc1ccc(CN2CCc3[nH]n(CCO)c(=O)c3C2)cc1. The van der Waals surface area contributed by atoms with Crippen molar-refractivity contribution in [3.05, 3.63) is 51.4 Å². The van der Waals surface area contributed by atoms with Crippen LogP contribution in [0.3, 0.4) is 0 Å². The zero-order valence-electron chi connectivity index (χ0n) is 11.9. The molecule has 4 N–H and O–H groups in total. The molecule has 2 heterocycles. The number of aromatic amines is 1. The van der Waals surface area contributed by atoms with Crippen LogP contribution in [0, 0.1) is 0 Å². The van der Waals surface area contributed by atoms with Gasteiger partial charge in [0.2, 0.25) is 0 Å². The van der Waals surface area contributed by atoms with E-state index in [1.807, 2.05) is 24.3 Å². The molecule has 0 bridgehead atoms. The van der Waals surface area contributed by atoms with Gasteiger partial charge >= 0.3 is 0 Å². The second kappa shape index (κ2) is 5.75. The number of nitrogen functional groups attached to an aromatic ring is 1. The third-order valence-electron chi connectivity index (χ3n) is 3.91. The molecule has 112 valence electrons. The molecule has 1 aromatic carbocycles. The number of anilines is 1. The van der Waals surface area contributed by atoms with Gasteiger partial charge in [-0.05, 0) is 17.7 Å². The number of nitrogens with one attached hydrogen (secondary N) is 1. The van der Waals surface area contributed by atoms with Crippen molar-refractivity contribution in [2.45, 2.75) is 26.1 Å². The molecule has 0 spiro atoms. The highest BCUT2D eigenvalue weighted by molar-refractivity contribution is 5.39. The predicted octanol–water partition coefficient (Wildman–Crippen LogP) is 0.309. The van der Waals surface area contributed by atoms with Crippen LogP contribution in [0.25, 0.3) is 0 Å². The maximum Gasteiger partial charge on any atom is 0.271 e. The zero-order valence-corrected chi connectivity index (χ0v) is 11.9. The van der Waals surface area contributed by atoms with Crippen LogP contribution in [0.4, 0.5) is 5.69 Å². The molecule has 0 fully saturated rings. The summed E-state index contributed by atoms with van der Waals surface area (Å²) in [6, 6.07) is 7.84. The van der Waals surface area contributed by atoms with Gasteiger partial charge in [-0.2, -0.15) is 0 Å². The van der Waals surface area contributed by atoms with Gasteiger partial charge in [0.05, 0.1) is 18.7 Å². The summed E-state index contributed by atoms with van der Waals surface area (Å²) in [6.07, 6.45) is 0.831. The number of rotatable bonds is 4. The van der Waals surface area contributed by atoms with E-state index >= 15 is 0 Å². The fourth-order valence-electron chi connectivity index (χ4n) is 2.79. The Kier molecular flexibility index (Phi) is 3.81. The summed E-state index contributed by atoms with van der Waals surface area (Å²) in [5, 5.41) is 12.1. The van der Waals surface area contributed by atoms with E-state index in [1.165, 1.54) is 10.2 Å². The predicted molar refractivity (Wildman–Crippen MR) is 80.8 cm³/mol. The summed E-state index contributed by atoms with van der Waals surface area (Å²) in [5.74, 6) is 0. The number of benzene rings is 1. The number of H-pyrrole nitrogens is 1. The minimum atomic E-state index is -0.0333. The molecule has 6 heteroatoms. The van der Waals surface area contributed by atoms with Crippen molar-refractivity contribution in [2.24, 2.45) is 0 Å². The number of hydrogen-bond donors (Lipinski definition) is 3. The maximum absolute atomic E-state index is 12.2. The Labute approximate surface area is 122 Å². The van der Waals surface area contributed by atoms with Crippen molar-refractivity contribution in [3.8, 4) is 0 Å². The number of aromatic nitrogens is 2. The third-order valence-corrected chi connectivity index (χ3v) is 3.91. The van der Waals surface area contributed by atoms with Crippen LogP contribution in [0.15, 0.2) is 29.1 Å². The number of aliphatic hydroxyl groups is 1. The fourth-order valence-corrected chi connectivity index (χ4v) is 2.79. The second-order valence-electron chi connectivity index (χ2n) is 5.45. The molecule has 0 saturated heterocycles. The van der Waals surface area contributed by atoms with Crippen molar-refractivity contribution < 1.29 is 5.11 Å². The number of nitrogens with zero attached hydrogens (tertiary/aromatic N) is 2. The Hall–Kier alpha value is -2.05. The van der Waals surface area contributed by atoms with E-state index in [1.54, 1.807) is 0 Å². The van der Waals surface area contributed by atoms with Crippen molar-refractivity contribution >= 4 is 5.69 Å². The molecular formula is C15H20N4O2. The first kappa shape index (κ1) is 13.9. The van der Waals surface area contributed by atoms with E-state index in [-0.39, 0.29) is 12.2 Å². The highest BCUT2D eigenvalue weighted by atomic mass is 16.3. The normalized spacial score (nSPS) is 15.1. The molecule has 1 aliphatic rings. The number of hydrogen-bond acceptors (Lipinski definition) is 4. The highest BCUT2D eigenvalue weighted by Gasteiger charge is 2.22.